The van der Waals surface area contributed by atoms with Gasteiger partial charge < -0.3 is 14.7 Å². The Morgan fingerprint density at radius 1 is 1.03 bits per heavy atom. The monoisotopic (exact) mass is 527 g/mol. The van der Waals surface area contributed by atoms with Gasteiger partial charge in [-0.1, -0.05) is 18.2 Å². The van der Waals surface area contributed by atoms with Gasteiger partial charge in [0.05, 0.1) is 7.11 Å². The van der Waals surface area contributed by atoms with Gasteiger partial charge in [0.15, 0.2) is 11.5 Å². The highest BCUT2D eigenvalue weighted by atomic mass is 19.4. The first-order chi connectivity index (χ1) is 18.2. The lowest BCUT2D eigenvalue weighted by Crippen LogP contribution is -2.38. The fourth-order valence-electron chi connectivity index (χ4n) is 4.04. The second kappa shape index (κ2) is 11.3. The van der Waals surface area contributed by atoms with Gasteiger partial charge in [-0.2, -0.15) is 18.3 Å². The lowest BCUT2D eigenvalue weighted by molar-refractivity contribution is -0.192. The molecule has 1 fully saturated rings. The Bertz CT molecular complexity index is 1420. The minimum absolute atomic E-state index is 0.00931. The van der Waals surface area contributed by atoms with E-state index in [1.165, 1.54) is 0 Å². The molecule has 1 aromatic carbocycles. The van der Waals surface area contributed by atoms with E-state index >= 15 is 0 Å². The first kappa shape index (κ1) is 26.6. The summed E-state index contributed by atoms with van der Waals surface area (Å²) in [4.78, 5) is 32.3. The third-order valence-corrected chi connectivity index (χ3v) is 6.02. The molecule has 5 rings (SSSR count). The summed E-state index contributed by atoms with van der Waals surface area (Å²) in [6.07, 6.45) is 0.261. The number of fused-ring (bicyclic) bond motifs is 1. The number of amides is 1. The molecule has 1 amide bonds. The number of hydrogen-bond acceptors (Lipinski definition) is 6. The van der Waals surface area contributed by atoms with E-state index in [4.69, 9.17) is 24.7 Å². The van der Waals surface area contributed by atoms with Crippen LogP contribution in [0.15, 0.2) is 67.0 Å². The maximum Gasteiger partial charge on any atom is 0.490 e. The number of likely N-dealkylation sites (tertiary alicyclic amines) is 1. The highest BCUT2D eigenvalue weighted by molar-refractivity contribution is 5.92. The van der Waals surface area contributed by atoms with Crippen LogP contribution in [0.4, 0.5) is 13.2 Å². The standard InChI is InChI=1S/C24H23N5O2.C2HF3O2/c1-31-20-6-4-5-18(15-20)19-8-9-22-26-23(27-29(22)16-19)17-10-13-28(14-11-17)24(30)21-7-2-3-12-25-21;3-2(4,5)1(6)7/h2-9,12,15-17H,10-11,13-14H2,1H3;(H,6,7). The van der Waals surface area contributed by atoms with E-state index in [2.05, 4.69) is 17.1 Å². The molecule has 9 nitrogen and oxygen atoms in total. The van der Waals surface area contributed by atoms with Gasteiger partial charge in [0.25, 0.3) is 5.91 Å². The summed E-state index contributed by atoms with van der Waals surface area (Å²) in [5.41, 5.74) is 3.45. The number of methoxy groups -OCH3 is 1. The maximum absolute atomic E-state index is 12.6. The van der Waals surface area contributed by atoms with Crippen LogP contribution in [0.2, 0.25) is 0 Å². The van der Waals surface area contributed by atoms with Crippen molar-refractivity contribution in [3.8, 4) is 16.9 Å². The van der Waals surface area contributed by atoms with Crippen LogP contribution in [-0.4, -0.2) is 67.8 Å². The fourth-order valence-corrected chi connectivity index (χ4v) is 4.04. The molecule has 12 heteroatoms. The van der Waals surface area contributed by atoms with Gasteiger partial charge in [0.1, 0.15) is 11.4 Å². The first-order valence-electron chi connectivity index (χ1n) is 11.7. The summed E-state index contributed by atoms with van der Waals surface area (Å²) < 4.78 is 38.9. The lowest BCUT2D eigenvalue weighted by atomic mass is 9.96. The zero-order chi connectivity index (χ0) is 27.3. The van der Waals surface area contributed by atoms with Crippen LogP contribution in [0.5, 0.6) is 5.75 Å². The number of carbonyl (C=O) groups is 2. The van der Waals surface area contributed by atoms with Crippen LogP contribution in [0.3, 0.4) is 0 Å². The van der Waals surface area contributed by atoms with Gasteiger partial charge in [-0.25, -0.2) is 14.3 Å². The number of benzene rings is 1. The number of aromatic nitrogens is 4. The molecule has 1 aliphatic heterocycles. The van der Waals surface area contributed by atoms with Crippen LogP contribution in [0.1, 0.15) is 35.1 Å². The molecule has 0 aliphatic carbocycles. The molecule has 1 aliphatic rings. The second-order valence-electron chi connectivity index (χ2n) is 8.51. The molecule has 0 radical (unpaired) electrons. The number of carboxylic acid groups (broad SMARTS) is 1. The third-order valence-electron chi connectivity index (χ3n) is 6.02. The topological polar surface area (TPSA) is 110 Å². The van der Waals surface area contributed by atoms with Gasteiger partial charge >= 0.3 is 12.1 Å². The smallest absolute Gasteiger partial charge is 0.490 e. The first-order valence-corrected chi connectivity index (χ1v) is 11.7. The van der Waals surface area contributed by atoms with Crippen molar-refractivity contribution in [3.05, 3.63) is 78.5 Å². The minimum atomic E-state index is -5.08. The molecule has 3 aromatic heterocycles. The van der Waals surface area contributed by atoms with Crippen LogP contribution >= 0.6 is 0 Å². The number of halogens is 3. The van der Waals surface area contributed by atoms with Gasteiger partial charge in [-0.3, -0.25) is 9.78 Å². The van der Waals surface area contributed by atoms with Gasteiger partial charge in [-0.15, -0.1) is 0 Å². The van der Waals surface area contributed by atoms with Crippen molar-refractivity contribution in [2.24, 2.45) is 0 Å². The molecule has 1 saturated heterocycles. The van der Waals surface area contributed by atoms with Crippen molar-refractivity contribution in [1.82, 2.24) is 24.5 Å². The van der Waals surface area contributed by atoms with E-state index in [-0.39, 0.29) is 11.8 Å². The van der Waals surface area contributed by atoms with Crippen molar-refractivity contribution >= 4 is 17.5 Å². The summed E-state index contributed by atoms with van der Waals surface area (Å²) >= 11 is 0. The number of ether oxygens (including phenoxy) is 1. The Labute approximate surface area is 215 Å². The number of nitrogens with zero attached hydrogens (tertiary/aromatic N) is 5. The summed E-state index contributed by atoms with van der Waals surface area (Å²) in [5.74, 6) is -0.859. The van der Waals surface area contributed by atoms with Crippen LogP contribution in [0, 0.1) is 0 Å². The predicted octanol–water partition coefficient (Wildman–Crippen LogP) is 4.45. The summed E-state index contributed by atoms with van der Waals surface area (Å²) in [7, 11) is 1.67. The van der Waals surface area contributed by atoms with Crippen molar-refractivity contribution in [3.63, 3.8) is 0 Å². The highest BCUT2D eigenvalue weighted by Gasteiger charge is 2.38. The fraction of sp³-hybridized carbons (Fsp3) is 0.269. The van der Waals surface area contributed by atoms with Crippen molar-refractivity contribution < 1.29 is 32.6 Å². The number of alkyl halides is 3. The van der Waals surface area contributed by atoms with Crippen LogP contribution in [0.25, 0.3) is 16.8 Å². The molecule has 4 aromatic rings. The lowest BCUT2D eigenvalue weighted by Gasteiger charge is -2.30. The molecule has 0 unspecified atom stereocenters. The Balaban J connectivity index is 0.000000426. The van der Waals surface area contributed by atoms with Gasteiger partial charge in [-0.05, 0) is 54.8 Å². The van der Waals surface area contributed by atoms with E-state index in [0.29, 0.717) is 18.8 Å². The second-order valence-corrected chi connectivity index (χ2v) is 8.51. The Hall–Kier alpha value is -4.48. The average molecular weight is 528 g/mol. The normalized spacial score (nSPS) is 14.1. The zero-order valence-electron chi connectivity index (χ0n) is 20.3. The number of rotatable bonds is 4. The molecule has 0 saturated carbocycles. The Morgan fingerprint density at radius 3 is 2.39 bits per heavy atom. The number of hydrogen-bond donors (Lipinski definition) is 1. The zero-order valence-corrected chi connectivity index (χ0v) is 20.3. The Morgan fingerprint density at radius 2 is 1.76 bits per heavy atom. The minimum Gasteiger partial charge on any atom is -0.497 e. The summed E-state index contributed by atoms with van der Waals surface area (Å²) in [5, 5.41) is 11.9. The van der Waals surface area contributed by atoms with Crippen molar-refractivity contribution in [1.29, 1.82) is 0 Å². The number of carboxylic acids is 1. The molecule has 0 atom stereocenters. The van der Waals surface area contributed by atoms with E-state index < -0.39 is 12.1 Å². The van der Waals surface area contributed by atoms with Gasteiger partial charge in [0.2, 0.25) is 0 Å². The predicted molar refractivity (Wildman–Crippen MR) is 131 cm³/mol. The number of pyridine rings is 2. The Kier molecular flexibility index (Phi) is 7.89. The summed E-state index contributed by atoms with van der Waals surface area (Å²) in [6, 6.07) is 17.4. The molecular formula is C26H24F3N5O4. The van der Waals surface area contributed by atoms with E-state index in [9.17, 15) is 18.0 Å². The average Bonchev–Trinajstić information content (AvgIpc) is 3.37. The SMILES string of the molecule is COc1cccc(-c2ccc3nc(C4CCN(C(=O)c5ccccn5)CC4)nn3c2)c1.O=C(O)C(F)(F)F. The number of aliphatic carboxylic acids is 1. The maximum atomic E-state index is 12.6. The molecule has 198 valence electrons. The molecule has 0 spiro atoms. The molecule has 1 N–H and O–H groups in total. The molecule has 38 heavy (non-hydrogen) atoms. The van der Waals surface area contributed by atoms with E-state index in [0.717, 1.165) is 41.2 Å². The van der Waals surface area contributed by atoms with Crippen molar-refractivity contribution in [2.45, 2.75) is 24.9 Å². The van der Waals surface area contributed by atoms with E-state index in [1.807, 2.05) is 52.0 Å². The van der Waals surface area contributed by atoms with Crippen molar-refractivity contribution in [2.75, 3.05) is 20.2 Å². The van der Waals surface area contributed by atoms with Gasteiger partial charge in [0, 0.05) is 37.0 Å². The molecule has 0 bridgehead atoms. The molecule has 4 heterocycles. The number of carbonyl (C=O) groups excluding carboxylic acids is 1. The van der Waals surface area contributed by atoms with E-state index in [1.54, 1.807) is 19.4 Å². The number of piperidine rings is 1. The third kappa shape index (κ3) is 6.25. The largest absolute Gasteiger partial charge is 0.497 e. The van der Waals surface area contributed by atoms with Crippen LogP contribution < -0.4 is 4.74 Å². The molecular weight excluding hydrogens is 503 g/mol. The highest BCUT2D eigenvalue weighted by Crippen LogP contribution is 2.28. The quantitative estimate of drug-likeness (QED) is 0.418. The van der Waals surface area contributed by atoms with Crippen LogP contribution in [-0.2, 0) is 4.79 Å². The summed E-state index contributed by atoms with van der Waals surface area (Å²) in [6.45, 7) is 1.37.